The molecule has 3 aromatic heterocycles. The van der Waals surface area contributed by atoms with Gasteiger partial charge < -0.3 is 5.73 Å². The molecule has 6 heteroatoms. The molecule has 0 aromatic carbocycles. The van der Waals surface area contributed by atoms with Gasteiger partial charge in [-0.1, -0.05) is 0 Å². The number of hydrogen-bond acceptors (Lipinski definition) is 3. The number of halogens is 2. The fourth-order valence-electron chi connectivity index (χ4n) is 2.20. The van der Waals surface area contributed by atoms with Gasteiger partial charge in [-0.05, 0) is 69.5 Å². The molecule has 0 amide bonds. The van der Waals surface area contributed by atoms with E-state index in [4.69, 9.17) is 5.73 Å². The average molecular weight is 401 g/mol. The van der Waals surface area contributed by atoms with E-state index >= 15 is 0 Å². The number of nitrogens with zero attached hydrogens (tertiary/aromatic N) is 2. The van der Waals surface area contributed by atoms with E-state index in [1.807, 2.05) is 23.5 Å². The van der Waals surface area contributed by atoms with Gasteiger partial charge in [0.2, 0.25) is 0 Å². The van der Waals surface area contributed by atoms with Gasteiger partial charge in [-0.3, -0.25) is 4.40 Å². The summed E-state index contributed by atoms with van der Waals surface area (Å²) in [6, 6.07) is 6.19. The lowest BCUT2D eigenvalue weighted by Gasteiger charge is -2.03. The minimum Gasteiger partial charge on any atom is -0.383 e. The number of fused-ring (bicyclic) bond motifs is 1. The van der Waals surface area contributed by atoms with E-state index in [9.17, 15) is 0 Å². The number of hydrogen-bond donors (Lipinski definition) is 1. The van der Waals surface area contributed by atoms with Gasteiger partial charge in [0, 0.05) is 10.2 Å². The molecule has 0 aliphatic heterocycles. The monoisotopic (exact) mass is 399 g/mol. The molecule has 0 atom stereocenters. The van der Waals surface area contributed by atoms with Crippen molar-refractivity contribution in [3.63, 3.8) is 0 Å². The summed E-state index contributed by atoms with van der Waals surface area (Å²) in [7, 11) is 0. The highest BCUT2D eigenvalue weighted by molar-refractivity contribution is 9.13. The molecule has 0 radical (unpaired) electrons. The van der Waals surface area contributed by atoms with Gasteiger partial charge in [0.25, 0.3) is 0 Å². The lowest BCUT2D eigenvalue weighted by atomic mass is 10.2. The minimum atomic E-state index is 0.689. The molecule has 3 nitrogen and oxygen atoms in total. The zero-order valence-electron chi connectivity index (χ0n) is 10.4. The first kappa shape index (κ1) is 13.1. The third-order valence-electron chi connectivity index (χ3n) is 2.96. The van der Waals surface area contributed by atoms with Crippen molar-refractivity contribution in [2.45, 2.75) is 13.8 Å². The van der Waals surface area contributed by atoms with Crippen LogP contribution in [0.1, 0.15) is 11.3 Å². The summed E-state index contributed by atoms with van der Waals surface area (Å²) in [4.78, 5) is 5.72. The van der Waals surface area contributed by atoms with Crippen LogP contribution in [0.5, 0.6) is 0 Å². The van der Waals surface area contributed by atoms with Gasteiger partial charge in [0.1, 0.15) is 17.2 Å². The maximum atomic E-state index is 6.26. The molecule has 3 heterocycles. The smallest absolute Gasteiger partial charge is 0.139 e. The van der Waals surface area contributed by atoms with E-state index < -0.39 is 0 Å². The van der Waals surface area contributed by atoms with Crippen molar-refractivity contribution in [2.24, 2.45) is 0 Å². The van der Waals surface area contributed by atoms with Gasteiger partial charge in [0.15, 0.2) is 0 Å². The van der Waals surface area contributed by atoms with E-state index in [1.54, 1.807) is 11.3 Å². The molecule has 2 N–H and O–H groups in total. The van der Waals surface area contributed by atoms with Crippen molar-refractivity contribution in [1.82, 2.24) is 9.38 Å². The molecule has 3 aromatic rings. The molecule has 0 saturated heterocycles. The maximum Gasteiger partial charge on any atom is 0.139 e. The van der Waals surface area contributed by atoms with Gasteiger partial charge in [-0.25, -0.2) is 4.98 Å². The van der Waals surface area contributed by atoms with Gasteiger partial charge in [0.05, 0.1) is 8.66 Å². The van der Waals surface area contributed by atoms with Crippen molar-refractivity contribution in [1.29, 1.82) is 0 Å². The van der Waals surface area contributed by atoms with Gasteiger partial charge in [-0.15, -0.1) is 11.3 Å². The number of imidazole rings is 1. The molecule has 98 valence electrons. The fourth-order valence-corrected chi connectivity index (χ4v) is 4.24. The summed E-state index contributed by atoms with van der Waals surface area (Å²) < 4.78 is 4.06. The maximum absolute atomic E-state index is 6.26. The van der Waals surface area contributed by atoms with Crippen LogP contribution in [0.3, 0.4) is 0 Å². The largest absolute Gasteiger partial charge is 0.383 e. The quantitative estimate of drug-likeness (QED) is 0.638. The van der Waals surface area contributed by atoms with E-state index in [-0.39, 0.29) is 0 Å². The first-order valence-electron chi connectivity index (χ1n) is 5.67. The first-order chi connectivity index (χ1) is 8.97. The Morgan fingerprint density at radius 1 is 1.21 bits per heavy atom. The Balaban J connectivity index is 2.31. The molecule has 0 unspecified atom stereocenters. The zero-order chi connectivity index (χ0) is 13.7. The number of thiophene rings is 1. The lowest BCUT2D eigenvalue weighted by Crippen LogP contribution is -1.98. The highest BCUT2D eigenvalue weighted by Gasteiger charge is 2.16. The van der Waals surface area contributed by atoms with E-state index in [0.29, 0.717) is 5.82 Å². The van der Waals surface area contributed by atoms with Crippen LogP contribution < -0.4 is 5.73 Å². The number of nitrogens with two attached hydrogens (primary N) is 1. The molecular weight excluding hydrogens is 390 g/mol. The van der Waals surface area contributed by atoms with Crippen molar-refractivity contribution >= 4 is 54.7 Å². The first-order valence-corrected chi connectivity index (χ1v) is 8.08. The van der Waals surface area contributed by atoms with Crippen LogP contribution in [0, 0.1) is 13.8 Å². The van der Waals surface area contributed by atoms with Crippen LogP contribution in [0.25, 0.3) is 16.2 Å². The van der Waals surface area contributed by atoms with Crippen molar-refractivity contribution in [3.8, 4) is 10.6 Å². The van der Waals surface area contributed by atoms with E-state index in [0.717, 1.165) is 30.2 Å². The standard InChI is InChI=1S/C13H11Br2N3S/c1-6-3-7(2)18-10(4-6)17-11(13(18)16)9-5-8(14)12(15)19-9/h3-5H,16H2,1-2H3. The molecule has 0 saturated carbocycles. The number of rotatable bonds is 1. The summed E-state index contributed by atoms with van der Waals surface area (Å²) >= 11 is 8.62. The number of pyridine rings is 1. The third kappa shape index (κ3) is 2.11. The van der Waals surface area contributed by atoms with Crippen LogP contribution in [0.4, 0.5) is 5.82 Å². The van der Waals surface area contributed by atoms with Gasteiger partial charge >= 0.3 is 0 Å². The van der Waals surface area contributed by atoms with E-state index in [1.165, 1.54) is 5.56 Å². The number of nitrogen functional groups attached to an aromatic ring is 1. The molecular formula is C13H11Br2N3S. The second-order valence-electron chi connectivity index (χ2n) is 4.45. The van der Waals surface area contributed by atoms with Gasteiger partial charge in [-0.2, -0.15) is 0 Å². The van der Waals surface area contributed by atoms with E-state index in [2.05, 4.69) is 49.8 Å². The Labute approximate surface area is 131 Å². The molecule has 19 heavy (non-hydrogen) atoms. The number of anilines is 1. The minimum absolute atomic E-state index is 0.689. The van der Waals surface area contributed by atoms with Crippen LogP contribution in [-0.2, 0) is 0 Å². The lowest BCUT2D eigenvalue weighted by molar-refractivity contribution is 1.09. The van der Waals surface area contributed by atoms with Crippen LogP contribution >= 0.6 is 43.2 Å². The predicted octanol–water partition coefficient (Wildman–Crippen LogP) is 4.79. The summed E-state index contributed by atoms with van der Waals surface area (Å²) in [5.41, 5.74) is 10.3. The molecule has 0 aliphatic rings. The second-order valence-corrected chi connectivity index (χ2v) is 7.67. The molecule has 0 spiro atoms. The van der Waals surface area contributed by atoms with Crippen molar-refractivity contribution in [3.05, 3.63) is 37.7 Å². The topological polar surface area (TPSA) is 43.3 Å². The van der Waals surface area contributed by atoms with Crippen LogP contribution in [-0.4, -0.2) is 9.38 Å². The summed E-state index contributed by atoms with van der Waals surface area (Å²) in [5.74, 6) is 0.689. The zero-order valence-corrected chi connectivity index (χ0v) is 14.4. The van der Waals surface area contributed by atoms with Crippen LogP contribution in [0.2, 0.25) is 0 Å². The predicted molar refractivity (Wildman–Crippen MR) is 87.8 cm³/mol. The molecule has 0 bridgehead atoms. The normalized spacial score (nSPS) is 11.4. The Bertz CT molecular complexity index is 769. The highest BCUT2D eigenvalue weighted by Crippen LogP contribution is 2.40. The number of aromatic nitrogens is 2. The summed E-state index contributed by atoms with van der Waals surface area (Å²) in [6.07, 6.45) is 0. The van der Waals surface area contributed by atoms with Crippen molar-refractivity contribution < 1.29 is 0 Å². The second kappa shape index (κ2) is 4.61. The number of aryl methyl sites for hydroxylation is 2. The molecule has 3 rings (SSSR count). The SMILES string of the molecule is Cc1cc(C)n2c(N)c(-c3cc(Br)c(Br)s3)nc2c1. The average Bonchev–Trinajstić information content (AvgIpc) is 2.81. The third-order valence-corrected chi connectivity index (χ3v) is 6.23. The highest BCUT2D eigenvalue weighted by atomic mass is 79.9. The fraction of sp³-hybridized carbons (Fsp3) is 0.154. The van der Waals surface area contributed by atoms with Crippen molar-refractivity contribution in [2.75, 3.05) is 5.73 Å². The summed E-state index contributed by atoms with van der Waals surface area (Å²) in [6.45, 7) is 4.11. The Kier molecular flexibility index (Phi) is 3.19. The Morgan fingerprint density at radius 2 is 1.95 bits per heavy atom. The Morgan fingerprint density at radius 3 is 2.58 bits per heavy atom. The molecule has 0 fully saturated rings. The Hall–Kier alpha value is -0.850. The van der Waals surface area contributed by atoms with Crippen LogP contribution in [0.15, 0.2) is 26.5 Å². The molecule has 0 aliphatic carbocycles. The summed E-state index contributed by atoms with van der Waals surface area (Å²) in [5, 5.41) is 0.